The molecule has 0 amide bonds. The van der Waals surface area contributed by atoms with E-state index >= 15 is 0 Å². The molecule has 246 valence electrons. The first-order valence-corrected chi connectivity index (χ1v) is 17.7. The van der Waals surface area contributed by atoms with E-state index in [1.807, 2.05) is 24.5 Å². The molecule has 11 aromatic rings. The molecule has 6 aromatic carbocycles. The summed E-state index contributed by atoms with van der Waals surface area (Å²) in [6, 6.07) is 55.1. The van der Waals surface area contributed by atoms with E-state index in [-0.39, 0.29) is 0 Å². The molecule has 0 atom stereocenters. The number of hydrogen-bond acceptors (Lipinski definition) is 5. The summed E-state index contributed by atoms with van der Waals surface area (Å²) in [5, 5.41) is 6.54. The second-order valence-electron chi connectivity index (χ2n) is 13.5. The summed E-state index contributed by atoms with van der Waals surface area (Å²) in [6.07, 6.45) is 3.65. The van der Waals surface area contributed by atoms with Crippen LogP contribution in [0, 0.1) is 0 Å². The minimum absolute atomic E-state index is 0.874. The van der Waals surface area contributed by atoms with E-state index in [1.54, 1.807) is 0 Å². The van der Waals surface area contributed by atoms with Crippen LogP contribution in [-0.4, -0.2) is 19.9 Å². The van der Waals surface area contributed by atoms with Gasteiger partial charge in [-0.1, -0.05) is 109 Å². The Hall–Kier alpha value is -7.24. The van der Waals surface area contributed by atoms with Gasteiger partial charge in [0.25, 0.3) is 0 Å². The van der Waals surface area contributed by atoms with Gasteiger partial charge in [0.15, 0.2) is 0 Å². The molecule has 0 aliphatic rings. The maximum atomic E-state index is 6.29. The Bertz CT molecular complexity index is 3000. The first-order valence-electron chi connectivity index (χ1n) is 17.7. The van der Waals surface area contributed by atoms with E-state index in [2.05, 4.69) is 156 Å². The molecule has 0 saturated carbocycles. The number of benzene rings is 6. The number of nitrogens with zero attached hydrogens (tertiary/aromatic N) is 4. The van der Waals surface area contributed by atoms with Gasteiger partial charge in [-0.3, -0.25) is 9.97 Å². The predicted octanol–water partition coefficient (Wildman–Crippen LogP) is 12.4. The number of rotatable bonds is 4. The van der Waals surface area contributed by atoms with Crippen LogP contribution in [0.5, 0.6) is 0 Å². The van der Waals surface area contributed by atoms with E-state index in [1.165, 1.54) is 0 Å². The Morgan fingerprint density at radius 3 is 1.15 bits per heavy atom. The monoisotopic (exact) mass is 676 g/mol. The lowest BCUT2D eigenvalue weighted by molar-refractivity contribution is 0.669. The maximum absolute atomic E-state index is 6.29. The van der Waals surface area contributed by atoms with Crippen molar-refractivity contribution in [3.63, 3.8) is 0 Å². The van der Waals surface area contributed by atoms with Gasteiger partial charge in [0, 0.05) is 55.8 Å². The van der Waals surface area contributed by atoms with Gasteiger partial charge in [0.2, 0.25) is 0 Å². The van der Waals surface area contributed by atoms with Gasteiger partial charge in [-0.2, -0.15) is 0 Å². The topological polar surface area (TPSA) is 64.7 Å². The highest BCUT2D eigenvalue weighted by Gasteiger charge is 2.13. The minimum atomic E-state index is 0.874. The summed E-state index contributed by atoms with van der Waals surface area (Å²) in [4.78, 5) is 19.3. The fraction of sp³-hybridized carbons (Fsp3) is 0. The van der Waals surface area contributed by atoms with Gasteiger partial charge >= 0.3 is 0 Å². The smallest absolute Gasteiger partial charge is 0.135 e. The van der Waals surface area contributed by atoms with Crippen molar-refractivity contribution >= 4 is 65.6 Å². The van der Waals surface area contributed by atoms with Gasteiger partial charge in [0.1, 0.15) is 11.2 Å². The number of aromatic nitrogens is 4. The molecule has 0 aliphatic heterocycles. The van der Waals surface area contributed by atoms with Crippen molar-refractivity contribution in [2.75, 3.05) is 0 Å². The summed E-state index contributed by atoms with van der Waals surface area (Å²) in [5.74, 6) is 0. The Morgan fingerprint density at radius 2 is 0.698 bits per heavy atom. The highest BCUT2D eigenvalue weighted by atomic mass is 16.3. The highest BCUT2D eigenvalue weighted by molar-refractivity contribution is 6.08. The van der Waals surface area contributed by atoms with E-state index in [4.69, 9.17) is 14.4 Å². The van der Waals surface area contributed by atoms with Gasteiger partial charge in [0.05, 0.1) is 33.5 Å². The Balaban J connectivity index is 0.907. The van der Waals surface area contributed by atoms with E-state index in [9.17, 15) is 0 Å². The third kappa shape index (κ3) is 4.94. The third-order valence-corrected chi connectivity index (χ3v) is 10.4. The Morgan fingerprint density at radius 1 is 0.321 bits per heavy atom. The molecule has 5 heteroatoms. The van der Waals surface area contributed by atoms with Crippen LogP contribution >= 0.6 is 0 Å². The van der Waals surface area contributed by atoms with E-state index in [0.29, 0.717) is 0 Å². The summed E-state index contributed by atoms with van der Waals surface area (Å²) in [6.45, 7) is 0. The van der Waals surface area contributed by atoms with Crippen LogP contribution in [0.15, 0.2) is 175 Å². The van der Waals surface area contributed by atoms with Crippen LogP contribution in [-0.2, 0) is 0 Å². The van der Waals surface area contributed by atoms with Crippen molar-refractivity contribution in [2.24, 2.45) is 0 Å². The van der Waals surface area contributed by atoms with Crippen LogP contribution in [0.2, 0.25) is 0 Å². The SMILES string of the molecule is c1cnc2c(c1)ccc1ccc(-c3ccc(-c4ccc5oc6ccc(-c7ccc(-c8ccc9ccc%10cccnc%10c9n8)cc7)cc6c5c4)cc3)nc12. The second kappa shape index (κ2) is 11.7. The molecule has 0 aliphatic carbocycles. The molecule has 0 spiro atoms. The molecule has 5 heterocycles. The van der Waals surface area contributed by atoms with Gasteiger partial charge < -0.3 is 4.42 Å². The normalized spacial score (nSPS) is 11.8. The standard InChI is InChI=1S/C48H28N4O/c1-3-33-13-15-35-17-21-41(51-47(35)45(33)49-25-1)31-9-5-29(6-10-31)37-19-23-43-39(27-37)40-28-38(20-24-44(40)53-43)30-7-11-32(12-8-30)42-22-18-36-16-14-34-4-2-26-50-46(34)48(36)52-42/h1-28H. The fourth-order valence-electron chi connectivity index (χ4n) is 7.57. The summed E-state index contributed by atoms with van der Waals surface area (Å²) >= 11 is 0. The lowest BCUT2D eigenvalue weighted by Gasteiger charge is -2.08. The molecule has 0 unspecified atom stereocenters. The van der Waals surface area contributed by atoms with Crippen molar-refractivity contribution in [3.05, 3.63) is 170 Å². The largest absolute Gasteiger partial charge is 0.456 e. The Labute approximate surface area is 303 Å². The quantitative estimate of drug-likeness (QED) is 0.174. The van der Waals surface area contributed by atoms with Crippen LogP contribution in [0.25, 0.3) is 110 Å². The van der Waals surface area contributed by atoms with Gasteiger partial charge in [-0.15, -0.1) is 0 Å². The zero-order chi connectivity index (χ0) is 34.9. The molecule has 5 aromatic heterocycles. The molecule has 53 heavy (non-hydrogen) atoms. The molecule has 0 bridgehead atoms. The molecule has 0 fully saturated rings. The lowest BCUT2D eigenvalue weighted by atomic mass is 9.98. The van der Waals surface area contributed by atoms with Gasteiger partial charge in [-0.05, 0) is 70.8 Å². The van der Waals surface area contributed by atoms with Crippen molar-refractivity contribution < 1.29 is 4.42 Å². The molecule has 0 radical (unpaired) electrons. The second-order valence-corrected chi connectivity index (χ2v) is 13.5. The maximum Gasteiger partial charge on any atom is 0.135 e. The first-order chi connectivity index (χ1) is 26.2. The summed E-state index contributed by atoms with van der Waals surface area (Å²) < 4.78 is 6.29. The van der Waals surface area contributed by atoms with E-state index < -0.39 is 0 Å². The van der Waals surface area contributed by atoms with Crippen molar-refractivity contribution in [3.8, 4) is 44.8 Å². The van der Waals surface area contributed by atoms with Crippen LogP contribution in [0.1, 0.15) is 0 Å². The summed E-state index contributed by atoms with van der Waals surface area (Å²) in [7, 11) is 0. The minimum Gasteiger partial charge on any atom is -0.456 e. The van der Waals surface area contributed by atoms with Gasteiger partial charge in [-0.25, -0.2) is 9.97 Å². The van der Waals surface area contributed by atoms with Crippen LogP contribution in [0.3, 0.4) is 0 Å². The zero-order valence-corrected chi connectivity index (χ0v) is 28.4. The zero-order valence-electron chi connectivity index (χ0n) is 28.4. The molecule has 5 nitrogen and oxygen atoms in total. The average molecular weight is 677 g/mol. The van der Waals surface area contributed by atoms with Crippen LogP contribution in [0.4, 0.5) is 0 Å². The number of pyridine rings is 4. The summed E-state index contributed by atoms with van der Waals surface area (Å²) in [5.41, 5.74) is 14.0. The number of furan rings is 1. The van der Waals surface area contributed by atoms with Crippen molar-refractivity contribution in [1.82, 2.24) is 19.9 Å². The average Bonchev–Trinajstić information content (AvgIpc) is 3.60. The molecule has 11 rings (SSSR count). The fourth-order valence-corrected chi connectivity index (χ4v) is 7.57. The molecular formula is C48H28N4O. The first kappa shape index (κ1) is 29.5. The predicted molar refractivity (Wildman–Crippen MR) is 217 cm³/mol. The third-order valence-electron chi connectivity index (χ3n) is 10.4. The Kier molecular flexibility index (Phi) is 6.48. The van der Waals surface area contributed by atoms with Crippen molar-refractivity contribution in [2.45, 2.75) is 0 Å². The molecule has 0 N–H and O–H groups in total. The molecular weight excluding hydrogens is 649 g/mol. The van der Waals surface area contributed by atoms with E-state index in [0.717, 1.165) is 110 Å². The lowest BCUT2D eigenvalue weighted by Crippen LogP contribution is -1.89. The number of fused-ring (bicyclic) bond motifs is 9. The molecule has 0 saturated heterocycles. The van der Waals surface area contributed by atoms with Crippen LogP contribution < -0.4 is 0 Å². The number of hydrogen-bond donors (Lipinski definition) is 0. The van der Waals surface area contributed by atoms with Crippen molar-refractivity contribution in [1.29, 1.82) is 0 Å². The highest BCUT2D eigenvalue weighted by Crippen LogP contribution is 2.36.